The summed E-state index contributed by atoms with van der Waals surface area (Å²) in [5, 5.41) is 12.2. The molecule has 3 nitrogen and oxygen atoms in total. The van der Waals surface area contributed by atoms with Crippen LogP contribution in [0.15, 0.2) is 40.9 Å². The third-order valence-electron chi connectivity index (χ3n) is 2.68. The Morgan fingerprint density at radius 1 is 1.32 bits per heavy atom. The molecule has 2 aromatic carbocycles. The van der Waals surface area contributed by atoms with Crippen LogP contribution in [0.5, 0.6) is 5.75 Å². The number of benzene rings is 2. The molecule has 5 heteroatoms. The number of phenolic OH excluding ortho intramolecular Hbond substituents is 1. The van der Waals surface area contributed by atoms with E-state index in [-0.39, 0.29) is 11.3 Å². The largest absolute Gasteiger partial charge is 0.508 e. The van der Waals surface area contributed by atoms with E-state index < -0.39 is 11.7 Å². The first-order valence-corrected chi connectivity index (χ1v) is 6.32. The van der Waals surface area contributed by atoms with Crippen LogP contribution in [0.25, 0.3) is 0 Å². The monoisotopic (exact) mass is 323 g/mol. The fourth-order valence-corrected chi connectivity index (χ4v) is 2.10. The predicted molar refractivity (Wildman–Crippen MR) is 74.9 cm³/mol. The van der Waals surface area contributed by atoms with Crippen molar-refractivity contribution in [3.05, 3.63) is 57.8 Å². The van der Waals surface area contributed by atoms with E-state index in [2.05, 4.69) is 21.2 Å². The third-order valence-corrected chi connectivity index (χ3v) is 3.14. The molecule has 0 aliphatic rings. The van der Waals surface area contributed by atoms with E-state index in [1.165, 1.54) is 18.2 Å². The molecule has 0 atom stereocenters. The second-order valence-corrected chi connectivity index (χ2v) is 4.98. The molecule has 0 bridgehead atoms. The van der Waals surface area contributed by atoms with Crippen molar-refractivity contribution < 1.29 is 14.3 Å². The van der Waals surface area contributed by atoms with Gasteiger partial charge in [0.25, 0.3) is 5.91 Å². The Kier molecular flexibility index (Phi) is 3.85. The highest BCUT2D eigenvalue weighted by Crippen LogP contribution is 2.24. The van der Waals surface area contributed by atoms with Crippen LogP contribution < -0.4 is 5.32 Å². The Labute approximate surface area is 118 Å². The van der Waals surface area contributed by atoms with Crippen LogP contribution in [-0.4, -0.2) is 11.0 Å². The number of hydrogen-bond acceptors (Lipinski definition) is 2. The lowest BCUT2D eigenvalue weighted by Gasteiger charge is -2.09. The number of carbonyl (C=O) groups excluding carboxylic acids is 1. The Hall–Kier alpha value is -1.88. The van der Waals surface area contributed by atoms with Crippen LogP contribution >= 0.6 is 15.9 Å². The number of amides is 1. The molecule has 0 aliphatic heterocycles. The van der Waals surface area contributed by atoms with Gasteiger partial charge in [0.1, 0.15) is 11.6 Å². The van der Waals surface area contributed by atoms with E-state index in [0.717, 1.165) is 6.07 Å². The van der Waals surface area contributed by atoms with Gasteiger partial charge in [0.2, 0.25) is 0 Å². The first-order chi connectivity index (χ1) is 8.97. The maximum absolute atomic E-state index is 13.2. The lowest BCUT2D eigenvalue weighted by molar-refractivity contribution is 0.102. The maximum Gasteiger partial charge on any atom is 0.255 e. The molecule has 0 heterocycles. The first kappa shape index (κ1) is 13.5. The van der Waals surface area contributed by atoms with Gasteiger partial charge in [-0.2, -0.15) is 0 Å². The minimum Gasteiger partial charge on any atom is -0.508 e. The fraction of sp³-hybridized carbons (Fsp3) is 0.0714. The average molecular weight is 324 g/mol. The fourth-order valence-electron chi connectivity index (χ4n) is 1.64. The zero-order valence-corrected chi connectivity index (χ0v) is 11.7. The van der Waals surface area contributed by atoms with Gasteiger partial charge in [0.05, 0.1) is 0 Å². The minimum absolute atomic E-state index is 0.0956. The number of rotatable bonds is 2. The molecular formula is C14H11BrFNO2. The second kappa shape index (κ2) is 5.40. The van der Waals surface area contributed by atoms with Gasteiger partial charge in [-0.3, -0.25) is 4.79 Å². The molecule has 2 N–H and O–H groups in total. The molecule has 2 aromatic rings. The van der Waals surface area contributed by atoms with Crippen LogP contribution in [0.2, 0.25) is 0 Å². The standard InChI is InChI=1S/C14H11BrFNO2/c1-8-12(3-2-4-13(8)18)17-14(19)9-5-10(15)7-11(16)6-9/h2-7,18H,1H3,(H,17,19). The van der Waals surface area contributed by atoms with E-state index in [1.54, 1.807) is 19.1 Å². The highest BCUT2D eigenvalue weighted by molar-refractivity contribution is 9.10. The zero-order chi connectivity index (χ0) is 14.0. The van der Waals surface area contributed by atoms with Crippen LogP contribution in [0.4, 0.5) is 10.1 Å². The van der Waals surface area contributed by atoms with Crippen molar-refractivity contribution in [1.82, 2.24) is 0 Å². The highest BCUT2D eigenvalue weighted by atomic mass is 79.9. The average Bonchev–Trinajstić information content (AvgIpc) is 2.33. The molecule has 19 heavy (non-hydrogen) atoms. The summed E-state index contributed by atoms with van der Waals surface area (Å²) in [5.74, 6) is -0.834. The van der Waals surface area contributed by atoms with Gasteiger partial charge in [-0.1, -0.05) is 22.0 Å². The lowest BCUT2D eigenvalue weighted by atomic mass is 10.1. The smallest absolute Gasteiger partial charge is 0.255 e. The number of halogens is 2. The number of anilines is 1. The van der Waals surface area contributed by atoms with E-state index in [0.29, 0.717) is 15.7 Å². The molecule has 2 rings (SSSR count). The van der Waals surface area contributed by atoms with Crippen LogP contribution in [-0.2, 0) is 0 Å². The Morgan fingerprint density at radius 2 is 2.05 bits per heavy atom. The van der Waals surface area contributed by atoms with Crippen LogP contribution in [0.3, 0.4) is 0 Å². The molecular weight excluding hydrogens is 313 g/mol. The minimum atomic E-state index is -0.493. The van der Waals surface area contributed by atoms with Crippen LogP contribution in [0.1, 0.15) is 15.9 Å². The zero-order valence-electron chi connectivity index (χ0n) is 10.1. The van der Waals surface area contributed by atoms with Gasteiger partial charge in [-0.25, -0.2) is 4.39 Å². The summed E-state index contributed by atoms with van der Waals surface area (Å²) < 4.78 is 13.7. The molecule has 0 radical (unpaired) electrons. The summed E-state index contributed by atoms with van der Waals surface area (Å²) in [6, 6.07) is 8.77. The van der Waals surface area contributed by atoms with Gasteiger partial charge in [0.15, 0.2) is 0 Å². The maximum atomic E-state index is 13.2. The van der Waals surface area contributed by atoms with Crippen molar-refractivity contribution in [1.29, 1.82) is 0 Å². The molecule has 0 fully saturated rings. The van der Waals surface area contributed by atoms with Crippen LogP contribution in [0, 0.1) is 12.7 Å². The summed E-state index contributed by atoms with van der Waals surface area (Å²) in [7, 11) is 0. The van der Waals surface area contributed by atoms with Crippen molar-refractivity contribution in [3.63, 3.8) is 0 Å². The molecule has 0 aromatic heterocycles. The molecule has 0 aliphatic carbocycles. The van der Waals surface area contributed by atoms with Crippen molar-refractivity contribution in [3.8, 4) is 5.75 Å². The quantitative estimate of drug-likeness (QED) is 0.881. The molecule has 0 saturated carbocycles. The van der Waals surface area contributed by atoms with E-state index in [1.807, 2.05) is 0 Å². The normalized spacial score (nSPS) is 10.3. The number of aromatic hydroxyl groups is 1. The topological polar surface area (TPSA) is 49.3 Å². The number of hydrogen-bond donors (Lipinski definition) is 2. The Balaban J connectivity index is 2.28. The van der Waals surface area contributed by atoms with Gasteiger partial charge in [-0.05, 0) is 37.3 Å². The molecule has 0 unspecified atom stereocenters. The summed E-state index contributed by atoms with van der Waals surface area (Å²) in [6.07, 6.45) is 0. The van der Waals surface area contributed by atoms with Gasteiger partial charge in [-0.15, -0.1) is 0 Å². The molecule has 0 saturated heterocycles. The number of carbonyl (C=O) groups is 1. The van der Waals surface area contributed by atoms with Crippen molar-refractivity contribution in [2.24, 2.45) is 0 Å². The molecule has 98 valence electrons. The van der Waals surface area contributed by atoms with Crippen molar-refractivity contribution in [2.75, 3.05) is 5.32 Å². The SMILES string of the molecule is Cc1c(O)cccc1NC(=O)c1cc(F)cc(Br)c1. The number of phenols is 1. The number of nitrogens with one attached hydrogen (secondary N) is 1. The summed E-state index contributed by atoms with van der Waals surface area (Å²) in [4.78, 5) is 12.0. The molecule has 0 spiro atoms. The predicted octanol–water partition coefficient (Wildman–Crippen LogP) is 3.85. The first-order valence-electron chi connectivity index (χ1n) is 5.53. The van der Waals surface area contributed by atoms with Crippen molar-refractivity contribution in [2.45, 2.75) is 6.92 Å². The Bertz CT molecular complexity index is 623. The van der Waals surface area contributed by atoms with Gasteiger partial charge < -0.3 is 10.4 Å². The molecule has 1 amide bonds. The highest BCUT2D eigenvalue weighted by Gasteiger charge is 2.11. The van der Waals surface area contributed by atoms with E-state index >= 15 is 0 Å². The van der Waals surface area contributed by atoms with Crippen molar-refractivity contribution >= 4 is 27.5 Å². The summed E-state index contributed by atoms with van der Waals surface area (Å²) in [5.41, 5.74) is 1.26. The third kappa shape index (κ3) is 3.12. The summed E-state index contributed by atoms with van der Waals surface area (Å²) in [6.45, 7) is 1.69. The van der Waals surface area contributed by atoms with Gasteiger partial charge >= 0.3 is 0 Å². The lowest BCUT2D eigenvalue weighted by Crippen LogP contribution is -2.13. The Morgan fingerprint density at radius 3 is 2.74 bits per heavy atom. The van der Waals surface area contributed by atoms with Gasteiger partial charge in [0, 0.05) is 21.3 Å². The van der Waals surface area contributed by atoms with E-state index in [9.17, 15) is 14.3 Å². The summed E-state index contributed by atoms with van der Waals surface area (Å²) >= 11 is 3.13. The second-order valence-electron chi connectivity index (χ2n) is 4.06. The van der Waals surface area contributed by atoms with E-state index in [4.69, 9.17) is 0 Å².